The molecule has 1 aromatic heterocycles. The molecule has 19 heavy (non-hydrogen) atoms. The van der Waals surface area contributed by atoms with Crippen molar-refractivity contribution in [3.63, 3.8) is 0 Å². The fourth-order valence-corrected chi connectivity index (χ4v) is 1.59. The van der Waals surface area contributed by atoms with E-state index in [2.05, 4.69) is 15.3 Å². The van der Waals surface area contributed by atoms with E-state index in [1.807, 2.05) is 6.92 Å². The molecule has 1 aromatic rings. The van der Waals surface area contributed by atoms with Gasteiger partial charge in [-0.05, 0) is 6.42 Å². The Morgan fingerprint density at radius 3 is 2.84 bits per heavy atom. The zero-order chi connectivity index (χ0) is 14.4. The third-order valence-corrected chi connectivity index (χ3v) is 2.53. The van der Waals surface area contributed by atoms with Crippen LogP contribution in [0, 0.1) is 10.1 Å². The van der Waals surface area contributed by atoms with Crippen molar-refractivity contribution < 1.29 is 9.72 Å². The average Bonchev–Trinajstić information content (AvgIpc) is 2.35. The van der Waals surface area contributed by atoms with Gasteiger partial charge >= 0.3 is 5.69 Å². The van der Waals surface area contributed by atoms with Crippen LogP contribution in [0.5, 0.6) is 0 Å². The second kappa shape index (κ2) is 6.83. The fraction of sp³-hybridized carbons (Fsp3) is 0.500. The molecule has 0 aliphatic heterocycles. The van der Waals surface area contributed by atoms with Crippen LogP contribution < -0.4 is 10.2 Å². The molecule has 0 saturated carbocycles. The van der Waals surface area contributed by atoms with Crippen LogP contribution >= 0.6 is 11.6 Å². The molecule has 0 radical (unpaired) electrons. The molecule has 0 aliphatic rings. The Bertz CT molecular complexity index is 482. The molecule has 1 heterocycles. The van der Waals surface area contributed by atoms with Gasteiger partial charge in [-0.1, -0.05) is 18.5 Å². The van der Waals surface area contributed by atoms with Crippen molar-refractivity contribution in [3.05, 3.63) is 21.6 Å². The van der Waals surface area contributed by atoms with Crippen LogP contribution in [0.15, 0.2) is 6.33 Å². The van der Waals surface area contributed by atoms with Crippen LogP contribution in [0.3, 0.4) is 0 Å². The number of amides is 1. The number of hydrogen-bond donors (Lipinski definition) is 1. The van der Waals surface area contributed by atoms with Gasteiger partial charge in [0, 0.05) is 13.6 Å². The topological polar surface area (TPSA) is 101 Å². The van der Waals surface area contributed by atoms with E-state index in [1.165, 1.54) is 11.9 Å². The highest BCUT2D eigenvalue weighted by atomic mass is 35.5. The van der Waals surface area contributed by atoms with E-state index in [0.717, 1.165) is 12.7 Å². The molecule has 1 amide bonds. The number of rotatable bonds is 6. The largest absolute Gasteiger partial charge is 0.355 e. The summed E-state index contributed by atoms with van der Waals surface area (Å²) in [4.78, 5) is 30.5. The monoisotopic (exact) mass is 287 g/mol. The van der Waals surface area contributed by atoms with Crippen LogP contribution in [0.2, 0.25) is 5.15 Å². The maximum atomic E-state index is 11.6. The summed E-state index contributed by atoms with van der Waals surface area (Å²) in [7, 11) is 1.52. The molecule has 1 N–H and O–H groups in total. The van der Waals surface area contributed by atoms with E-state index < -0.39 is 10.6 Å². The lowest BCUT2D eigenvalue weighted by Gasteiger charge is -2.17. The summed E-state index contributed by atoms with van der Waals surface area (Å²) < 4.78 is 0. The highest BCUT2D eigenvalue weighted by Crippen LogP contribution is 2.30. The number of nitro groups is 1. The van der Waals surface area contributed by atoms with E-state index in [4.69, 9.17) is 11.6 Å². The first-order valence-corrected chi connectivity index (χ1v) is 5.97. The number of hydrogen-bond acceptors (Lipinski definition) is 6. The highest BCUT2D eigenvalue weighted by molar-refractivity contribution is 6.31. The van der Waals surface area contributed by atoms with Crippen molar-refractivity contribution in [1.29, 1.82) is 0 Å². The molecule has 0 unspecified atom stereocenters. The lowest BCUT2D eigenvalue weighted by Crippen LogP contribution is -2.36. The molecule has 9 heteroatoms. The molecule has 8 nitrogen and oxygen atoms in total. The fourth-order valence-electron chi connectivity index (χ4n) is 1.40. The number of carbonyl (C=O) groups excluding carboxylic acids is 1. The Morgan fingerprint density at radius 1 is 1.58 bits per heavy atom. The Kier molecular flexibility index (Phi) is 5.43. The van der Waals surface area contributed by atoms with Gasteiger partial charge in [-0.25, -0.2) is 9.97 Å². The van der Waals surface area contributed by atoms with Gasteiger partial charge in [0.1, 0.15) is 6.33 Å². The summed E-state index contributed by atoms with van der Waals surface area (Å²) >= 11 is 5.67. The predicted molar refractivity (Wildman–Crippen MR) is 70.3 cm³/mol. The van der Waals surface area contributed by atoms with Crippen LogP contribution in [0.4, 0.5) is 11.5 Å². The maximum absolute atomic E-state index is 11.6. The van der Waals surface area contributed by atoms with Crippen LogP contribution in [0.25, 0.3) is 0 Å². The summed E-state index contributed by atoms with van der Waals surface area (Å²) in [5.74, 6) is -0.231. The Balaban J connectivity index is 2.88. The Morgan fingerprint density at radius 2 is 2.26 bits per heavy atom. The summed E-state index contributed by atoms with van der Waals surface area (Å²) in [6.45, 7) is 2.44. The first-order valence-electron chi connectivity index (χ1n) is 5.60. The smallest absolute Gasteiger partial charge is 0.348 e. The number of anilines is 1. The lowest BCUT2D eigenvalue weighted by molar-refractivity contribution is -0.384. The molecule has 0 spiro atoms. The molecule has 0 fully saturated rings. The third-order valence-electron chi connectivity index (χ3n) is 2.26. The molecule has 0 saturated heterocycles. The molecule has 104 valence electrons. The molecule has 0 aromatic carbocycles. The van der Waals surface area contributed by atoms with Gasteiger partial charge in [-0.2, -0.15) is 0 Å². The van der Waals surface area contributed by atoms with Gasteiger partial charge < -0.3 is 10.2 Å². The van der Waals surface area contributed by atoms with Gasteiger partial charge in [0.15, 0.2) is 0 Å². The normalized spacial score (nSPS) is 10.1. The number of carbonyl (C=O) groups is 1. The maximum Gasteiger partial charge on any atom is 0.348 e. The second-order valence-electron chi connectivity index (χ2n) is 3.80. The minimum atomic E-state index is -0.669. The van der Waals surface area contributed by atoms with Crippen molar-refractivity contribution in [3.8, 4) is 0 Å². The minimum Gasteiger partial charge on any atom is -0.355 e. The van der Waals surface area contributed by atoms with Gasteiger partial charge in [0.2, 0.25) is 16.9 Å². The Labute approximate surface area is 114 Å². The van der Waals surface area contributed by atoms with E-state index in [0.29, 0.717) is 6.54 Å². The number of halogens is 1. The minimum absolute atomic E-state index is 0.0108. The lowest BCUT2D eigenvalue weighted by atomic mass is 10.4. The highest BCUT2D eigenvalue weighted by Gasteiger charge is 2.25. The van der Waals surface area contributed by atoms with Gasteiger partial charge in [0.25, 0.3) is 0 Å². The van der Waals surface area contributed by atoms with Crippen molar-refractivity contribution in [1.82, 2.24) is 15.3 Å². The summed E-state index contributed by atoms with van der Waals surface area (Å²) in [5, 5.41) is 13.3. The number of nitrogens with zero attached hydrogens (tertiary/aromatic N) is 4. The van der Waals surface area contributed by atoms with Crippen molar-refractivity contribution >= 4 is 29.0 Å². The second-order valence-corrected chi connectivity index (χ2v) is 4.16. The first kappa shape index (κ1) is 15.1. The quantitative estimate of drug-likeness (QED) is 0.476. The molecule has 0 aliphatic carbocycles. The van der Waals surface area contributed by atoms with Crippen LogP contribution in [-0.4, -0.2) is 40.9 Å². The molecular weight excluding hydrogens is 274 g/mol. The summed E-state index contributed by atoms with van der Waals surface area (Å²) in [5.41, 5.74) is -0.407. The third kappa shape index (κ3) is 4.02. The van der Waals surface area contributed by atoms with E-state index in [-0.39, 0.29) is 23.4 Å². The van der Waals surface area contributed by atoms with Gasteiger partial charge in [-0.15, -0.1) is 0 Å². The van der Waals surface area contributed by atoms with E-state index in [9.17, 15) is 14.9 Å². The standard InChI is InChI=1S/C10H14ClN5O3/c1-3-4-12-7(17)5-15(2)10-8(16(18)19)9(11)13-6-14-10/h6H,3-5H2,1-2H3,(H,12,17). The van der Waals surface area contributed by atoms with Crippen molar-refractivity contribution in [2.45, 2.75) is 13.3 Å². The average molecular weight is 288 g/mol. The summed E-state index contributed by atoms with van der Waals surface area (Å²) in [6, 6.07) is 0. The number of aromatic nitrogens is 2. The zero-order valence-corrected chi connectivity index (χ0v) is 11.3. The Hall–Kier alpha value is -1.96. The van der Waals surface area contributed by atoms with Gasteiger partial charge in [-0.3, -0.25) is 14.9 Å². The number of likely N-dealkylation sites (N-methyl/N-ethyl adjacent to an activating group) is 1. The van der Waals surface area contributed by atoms with E-state index in [1.54, 1.807) is 0 Å². The van der Waals surface area contributed by atoms with E-state index >= 15 is 0 Å². The van der Waals surface area contributed by atoms with Crippen molar-refractivity contribution in [2.75, 3.05) is 25.0 Å². The van der Waals surface area contributed by atoms with Crippen LogP contribution in [-0.2, 0) is 4.79 Å². The molecule has 0 bridgehead atoms. The SMILES string of the molecule is CCCNC(=O)CN(C)c1ncnc(Cl)c1[N+](=O)[O-]. The molecule has 0 atom stereocenters. The van der Waals surface area contributed by atoms with Gasteiger partial charge in [0.05, 0.1) is 11.5 Å². The first-order chi connectivity index (χ1) is 8.97. The summed E-state index contributed by atoms with van der Waals surface area (Å²) in [6.07, 6.45) is 1.93. The molecule has 1 rings (SSSR count). The zero-order valence-electron chi connectivity index (χ0n) is 10.6. The number of nitrogens with one attached hydrogen (secondary N) is 1. The van der Waals surface area contributed by atoms with Crippen LogP contribution in [0.1, 0.15) is 13.3 Å². The van der Waals surface area contributed by atoms with Crippen molar-refractivity contribution in [2.24, 2.45) is 0 Å². The molecular formula is C10H14ClN5O3. The predicted octanol–water partition coefficient (Wildman–Crippen LogP) is 1.00.